The molecular formula is C37H35Cl3N2O7. The number of amides is 2. The van der Waals surface area contributed by atoms with Gasteiger partial charge in [0.2, 0.25) is 12.7 Å². The molecule has 2 N–H and O–H groups in total. The molecule has 1 heterocycles. The van der Waals surface area contributed by atoms with Crippen molar-refractivity contribution in [2.75, 3.05) is 34.1 Å². The minimum absolute atomic E-state index is 0.0659. The molecule has 256 valence electrons. The van der Waals surface area contributed by atoms with Gasteiger partial charge in [-0.05, 0) is 66.4 Å². The molecule has 49 heavy (non-hydrogen) atoms. The number of carbonyl (C=O) groups excluding carboxylic acids is 2. The van der Waals surface area contributed by atoms with Crippen LogP contribution in [0.3, 0.4) is 0 Å². The first kappa shape index (κ1) is 35.9. The number of rotatable bonds is 14. The van der Waals surface area contributed by atoms with Crippen molar-refractivity contribution in [2.24, 2.45) is 0 Å². The van der Waals surface area contributed by atoms with E-state index in [1.807, 2.05) is 48.5 Å². The summed E-state index contributed by atoms with van der Waals surface area (Å²) in [7, 11) is 2.90. The van der Waals surface area contributed by atoms with Crippen molar-refractivity contribution in [1.29, 1.82) is 0 Å². The molecule has 0 fully saturated rings. The van der Waals surface area contributed by atoms with Gasteiger partial charge >= 0.3 is 0 Å². The van der Waals surface area contributed by atoms with Crippen molar-refractivity contribution in [3.8, 4) is 23.0 Å². The zero-order chi connectivity index (χ0) is 34.9. The maximum absolute atomic E-state index is 13.7. The molecule has 0 bridgehead atoms. The van der Waals surface area contributed by atoms with Crippen molar-refractivity contribution in [3.05, 3.63) is 122 Å². The Morgan fingerprint density at radius 1 is 0.918 bits per heavy atom. The number of nitrogens with zero attached hydrogens (tertiary/aromatic N) is 1. The molecule has 2 atom stereocenters. The number of nitrogens with one attached hydrogen (secondary N) is 1. The smallest absolute Gasteiger partial charge is 0.253 e. The molecule has 5 rings (SSSR count). The van der Waals surface area contributed by atoms with E-state index in [0.29, 0.717) is 39.3 Å². The molecule has 12 heteroatoms. The molecule has 9 nitrogen and oxygen atoms in total. The number of hydrogen-bond acceptors (Lipinski definition) is 7. The van der Waals surface area contributed by atoms with Crippen molar-refractivity contribution >= 4 is 52.7 Å². The highest BCUT2D eigenvalue weighted by atomic mass is 35.5. The summed E-state index contributed by atoms with van der Waals surface area (Å²) in [6, 6.07) is 22.4. The van der Waals surface area contributed by atoms with E-state index >= 15 is 0 Å². The summed E-state index contributed by atoms with van der Waals surface area (Å²) in [5.41, 5.74) is 2.42. The predicted molar refractivity (Wildman–Crippen MR) is 190 cm³/mol. The Morgan fingerprint density at radius 3 is 2.37 bits per heavy atom. The molecule has 0 spiro atoms. The first-order valence-electron chi connectivity index (χ1n) is 15.4. The van der Waals surface area contributed by atoms with Crippen LogP contribution in [-0.4, -0.2) is 68.1 Å². The van der Waals surface area contributed by atoms with E-state index in [0.717, 1.165) is 11.1 Å². The first-order chi connectivity index (χ1) is 23.7. The normalized spacial score (nSPS) is 13.2. The Kier molecular flexibility index (Phi) is 12.3. The lowest BCUT2D eigenvalue weighted by atomic mass is 9.99. The molecule has 1 aliphatic rings. The second-order valence-corrected chi connectivity index (χ2v) is 12.4. The number of aliphatic hydroxyl groups excluding tert-OH is 1. The van der Waals surface area contributed by atoms with Gasteiger partial charge in [0.1, 0.15) is 0 Å². The van der Waals surface area contributed by atoms with Crippen molar-refractivity contribution < 1.29 is 33.6 Å². The molecule has 2 unspecified atom stereocenters. The molecule has 1 aliphatic heterocycles. The summed E-state index contributed by atoms with van der Waals surface area (Å²) in [4.78, 5) is 28.9. The quantitative estimate of drug-likeness (QED) is 0.137. The summed E-state index contributed by atoms with van der Waals surface area (Å²) < 4.78 is 21.6. The molecule has 0 aromatic heterocycles. The fraction of sp³-hybridized carbons (Fsp3) is 0.243. The Bertz CT molecular complexity index is 1800. The van der Waals surface area contributed by atoms with E-state index in [9.17, 15) is 14.7 Å². The SMILES string of the molecule is COc1ccc(C(=O)NC(Cc2ccccc2)C(O)CN(CCc2ccc3c(c2)OCO3)C(=O)C=Cc2c(Cl)cccc2Cl)c(Cl)c1OC. The fourth-order valence-corrected chi connectivity index (χ4v) is 6.24. The van der Waals surface area contributed by atoms with Gasteiger partial charge < -0.3 is 34.3 Å². The van der Waals surface area contributed by atoms with E-state index in [-0.39, 0.29) is 48.5 Å². The second kappa shape index (κ2) is 16.8. The van der Waals surface area contributed by atoms with Crippen LogP contribution in [0.5, 0.6) is 23.0 Å². The van der Waals surface area contributed by atoms with Gasteiger partial charge in [0, 0.05) is 34.8 Å². The molecule has 4 aromatic carbocycles. The molecule has 0 saturated carbocycles. The molecule has 2 amide bonds. The Labute approximate surface area is 299 Å². The highest BCUT2D eigenvalue weighted by molar-refractivity contribution is 6.37. The highest BCUT2D eigenvalue weighted by Gasteiger charge is 2.28. The van der Waals surface area contributed by atoms with Crippen molar-refractivity contribution in [3.63, 3.8) is 0 Å². The largest absolute Gasteiger partial charge is 0.493 e. The predicted octanol–water partition coefficient (Wildman–Crippen LogP) is 6.88. The number of aliphatic hydroxyl groups is 1. The van der Waals surface area contributed by atoms with Crippen LogP contribution in [0.2, 0.25) is 15.1 Å². The van der Waals surface area contributed by atoms with E-state index in [4.69, 9.17) is 53.8 Å². The minimum atomic E-state index is -1.19. The van der Waals surface area contributed by atoms with Gasteiger partial charge in [-0.15, -0.1) is 0 Å². The van der Waals surface area contributed by atoms with Crippen LogP contribution in [0.25, 0.3) is 6.08 Å². The molecule has 0 radical (unpaired) electrons. The van der Waals surface area contributed by atoms with Crippen LogP contribution in [0.4, 0.5) is 0 Å². The number of halogens is 3. The van der Waals surface area contributed by atoms with Gasteiger partial charge in [-0.1, -0.05) is 77.3 Å². The molecule has 0 saturated heterocycles. The third-order valence-corrected chi connectivity index (χ3v) is 9.06. The first-order valence-corrected chi connectivity index (χ1v) is 16.5. The number of carbonyl (C=O) groups is 2. The highest BCUT2D eigenvalue weighted by Crippen LogP contribution is 2.37. The Morgan fingerprint density at radius 2 is 1.65 bits per heavy atom. The van der Waals surface area contributed by atoms with Gasteiger partial charge in [0.05, 0.1) is 37.0 Å². The van der Waals surface area contributed by atoms with Crippen LogP contribution < -0.4 is 24.3 Å². The molecule has 0 aliphatic carbocycles. The summed E-state index contributed by atoms with van der Waals surface area (Å²) in [6.07, 6.45) is 2.45. The lowest BCUT2D eigenvalue weighted by Gasteiger charge is -2.30. The molecule has 4 aromatic rings. The summed E-state index contributed by atoms with van der Waals surface area (Å²) >= 11 is 19.2. The van der Waals surface area contributed by atoms with E-state index in [1.54, 1.807) is 30.3 Å². The van der Waals surface area contributed by atoms with Crippen LogP contribution >= 0.6 is 34.8 Å². The summed E-state index contributed by atoms with van der Waals surface area (Å²) in [5, 5.41) is 15.5. The third-order valence-electron chi connectivity index (χ3n) is 8.03. The number of ether oxygens (including phenoxy) is 4. The van der Waals surface area contributed by atoms with Gasteiger partial charge in [-0.25, -0.2) is 0 Å². The molecular weight excluding hydrogens is 691 g/mol. The van der Waals surface area contributed by atoms with Gasteiger partial charge in [-0.3, -0.25) is 9.59 Å². The van der Waals surface area contributed by atoms with Gasteiger partial charge in [0.15, 0.2) is 23.0 Å². The Hall–Kier alpha value is -4.41. The van der Waals surface area contributed by atoms with Crippen LogP contribution in [0.15, 0.2) is 84.9 Å². The second-order valence-electron chi connectivity index (χ2n) is 11.2. The van der Waals surface area contributed by atoms with Crippen molar-refractivity contribution in [1.82, 2.24) is 10.2 Å². The maximum Gasteiger partial charge on any atom is 0.253 e. The average molecular weight is 726 g/mol. The topological polar surface area (TPSA) is 107 Å². The van der Waals surface area contributed by atoms with Crippen LogP contribution in [0.1, 0.15) is 27.0 Å². The van der Waals surface area contributed by atoms with Crippen LogP contribution in [-0.2, 0) is 17.6 Å². The number of fused-ring (bicyclic) bond motifs is 1. The third kappa shape index (κ3) is 8.99. The maximum atomic E-state index is 13.7. The lowest BCUT2D eigenvalue weighted by molar-refractivity contribution is -0.127. The van der Waals surface area contributed by atoms with Gasteiger partial charge in [0.25, 0.3) is 5.91 Å². The number of benzene rings is 4. The van der Waals surface area contributed by atoms with Crippen molar-refractivity contribution in [2.45, 2.75) is 25.0 Å². The Balaban J connectivity index is 1.41. The number of methoxy groups -OCH3 is 2. The lowest BCUT2D eigenvalue weighted by Crippen LogP contribution is -2.50. The average Bonchev–Trinajstić information content (AvgIpc) is 3.57. The zero-order valence-corrected chi connectivity index (χ0v) is 29.1. The summed E-state index contributed by atoms with van der Waals surface area (Å²) in [5.74, 6) is 0.945. The standard InChI is InChI=1S/C37H35Cl3N2O7/c1-46-32-15-12-26(35(40)36(32)47-2)37(45)41-29(19-23-7-4-3-5-8-23)30(43)21-42(18-17-24-11-14-31-33(20-24)49-22-48-31)34(44)16-13-25-27(38)9-6-10-28(25)39/h3-16,20,29-30,43H,17-19,21-22H2,1-2H3,(H,41,45). The van der Waals surface area contributed by atoms with E-state index in [2.05, 4.69) is 5.32 Å². The summed E-state index contributed by atoms with van der Waals surface area (Å²) in [6.45, 7) is 0.277. The fourth-order valence-electron chi connectivity index (χ4n) is 5.40. The van der Waals surface area contributed by atoms with Gasteiger partial charge in [-0.2, -0.15) is 0 Å². The van der Waals surface area contributed by atoms with E-state index in [1.165, 1.54) is 31.3 Å². The van der Waals surface area contributed by atoms with E-state index < -0.39 is 18.1 Å². The zero-order valence-electron chi connectivity index (χ0n) is 26.8. The monoisotopic (exact) mass is 724 g/mol. The number of hydrogen-bond donors (Lipinski definition) is 2. The minimum Gasteiger partial charge on any atom is -0.493 e. The van der Waals surface area contributed by atoms with Crippen LogP contribution in [0, 0.1) is 0 Å².